The lowest BCUT2D eigenvalue weighted by molar-refractivity contribution is -0.192. The smallest absolute Gasteiger partial charge is 0.475 e. The number of nitrogen functional groups attached to an aromatic ring is 1. The second-order valence-electron chi connectivity index (χ2n) is 6.86. The number of carboxylic acids is 1. The third kappa shape index (κ3) is 7.62. The van der Waals surface area contributed by atoms with Crippen LogP contribution in [0.1, 0.15) is 25.7 Å². The number of carbonyl (C=O) groups is 3. The minimum atomic E-state index is -5.08. The van der Waals surface area contributed by atoms with Gasteiger partial charge < -0.3 is 16.6 Å². The van der Waals surface area contributed by atoms with Crippen molar-refractivity contribution in [1.29, 1.82) is 5.41 Å². The third-order valence-electron chi connectivity index (χ3n) is 4.25. The van der Waals surface area contributed by atoms with E-state index in [1.807, 2.05) is 0 Å². The lowest BCUT2D eigenvalue weighted by atomic mass is 10.2. The van der Waals surface area contributed by atoms with Crippen LogP contribution in [0.2, 0.25) is 0 Å². The number of aliphatic carboxylic acids is 1. The van der Waals surface area contributed by atoms with Crippen molar-refractivity contribution in [2.24, 2.45) is 15.8 Å². The Labute approximate surface area is 230 Å². The first kappa shape index (κ1) is 30.9. The monoisotopic (exact) mass is 651 g/mol. The summed E-state index contributed by atoms with van der Waals surface area (Å²) >= 11 is 5.90. The molecular weight excluding hydrogens is 635 g/mol. The largest absolute Gasteiger partial charge is 0.490 e. The summed E-state index contributed by atoms with van der Waals surface area (Å²) in [5.41, 5.74) is 10.9. The number of alkyl halides is 3. The lowest BCUT2D eigenvalue weighted by Crippen LogP contribution is -2.21. The van der Waals surface area contributed by atoms with E-state index < -0.39 is 33.7 Å². The van der Waals surface area contributed by atoms with Crippen molar-refractivity contribution in [2.75, 3.05) is 6.26 Å². The summed E-state index contributed by atoms with van der Waals surface area (Å²) in [4.78, 5) is 37.9. The molecule has 0 saturated carbocycles. The maximum absolute atomic E-state index is 14.3. The van der Waals surface area contributed by atoms with Crippen molar-refractivity contribution in [2.45, 2.75) is 20.2 Å². The number of hydrogen-bond acceptors (Lipinski definition) is 8. The molecule has 0 aliphatic carbocycles. The number of thiophene rings is 1. The van der Waals surface area contributed by atoms with Crippen LogP contribution in [0.15, 0.2) is 71.5 Å². The lowest BCUT2D eigenvalue weighted by Gasteiger charge is -2.11. The number of carbonyl (C=O) groups excluding carboxylic acids is 2. The summed E-state index contributed by atoms with van der Waals surface area (Å²) in [6.07, 6.45) is -2.12. The Balaban J connectivity index is 0.000000638. The van der Waals surface area contributed by atoms with Gasteiger partial charge in [-0.25, -0.2) is 9.00 Å². The molecular formula is C21H17BrF3N5O5S3. The van der Waals surface area contributed by atoms with Crippen LogP contribution in [0.4, 0.5) is 13.2 Å². The molecule has 2 aromatic heterocycles. The van der Waals surface area contributed by atoms with E-state index >= 15 is 0 Å². The quantitative estimate of drug-likeness (QED) is 0.172. The zero-order valence-corrected chi connectivity index (χ0v) is 23.0. The Morgan fingerprint density at radius 1 is 1.18 bits per heavy atom. The van der Waals surface area contributed by atoms with E-state index in [-0.39, 0.29) is 17.1 Å². The standard InChI is InChI=1S/C19H16BrN5O3S3.C2HF3O2/c1-29-19-15(8-14(30-19)16(21)22)31(28,12-4-2-3-11(20)7-12)25-18(27)10-5-6-13(17(23)26)24-9-10;3-2(4,5)1(6)7/h2-9H,1H3,(H3,21,22)(H2,23,26);(H,6,7). The molecule has 0 bridgehead atoms. The highest BCUT2D eigenvalue weighted by molar-refractivity contribution is 9.10. The molecule has 202 valence electrons. The van der Waals surface area contributed by atoms with E-state index in [1.165, 1.54) is 41.3 Å². The van der Waals surface area contributed by atoms with Crippen molar-refractivity contribution < 1.29 is 36.9 Å². The van der Waals surface area contributed by atoms with E-state index in [0.29, 0.717) is 23.4 Å². The second kappa shape index (κ2) is 12.5. The number of nitrogens with one attached hydrogen (secondary N) is 1. The molecule has 0 aliphatic heterocycles. The molecule has 1 aromatic carbocycles. The van der Waals surface area contributed by atoms with Gasteiger partial charge in [0.1, 0.15) is 21.3 Å². The molecule has 10 nitrogen and oxygen atoms in total. The normalized spacial score (nSPS) is 12.4. The van der Waals surface area contributed by atoms with Crippen molar-refractivity contribution >= 4 is 72.4 Å². The number of amidine groups is 1. The zero-order valence-electron chi connectivity index (χ0n) is 19.0. The number of nitrogens with zero attached hydrogens (tertiary/aromatic N) is 2. The summed E-state index contributed by atoms with van der Waals surface area (Å²) in [6, 6.07) is 10.9. The van der Waals surface area contributed by atoms with Crippen molar-refractivity contribution in [3.05, 3.63) is 69.3 Å². The minimum absolute atomic E-state index is 0.00197. The van der Waals surface area contributed by atoms with E-state index in [0.717, 1.165) is 6.20 Å². The van der Waals surface area contributed by atoms with E-state index in [1.54, 1.807) is 30.5 Å². The Kier molecular flexibility index (Phi) is 10.2. The molecule has 2 heterocycles. The average molecular weight is 652 g/mol. The van der Waals surface area contributed by atoms with Crippen molar-refractivity contribution in [3.8, 4) is 0 Å². The number of aromatic nitrogens is 1. The fourth-order valence-electron chi connectivity index (χ4n) is 2.53. The molecule has 0 saturated heterocycles. The first-order valence-electron chi connectivity index (χ1n) is 9.75. The number of carboxylic acid groups (broad SMARTS) is 1. The van der Waals surface area contributed by atoms with E-state index in [9.17, 15) is 27.0 Å². The van der Waals surface area contributed by atoms with Gasteiger partial charge in [0.15, 0.2) is 0 Å². The van der Waals surface area contributed by atoms with Gasteiger partial charge in [-0.1, -0.05) is 22.0 Å². The SMILES string of the molecule is CSc1sc(C(=N)N)cc1S(=O)(=NC(=O)c1ccc(C(N)=O)nc1)c1cccc(Br)c1.O=C(O)C(F)(F)F. The first-order chi connectivity index (χ1) is 17.6. The predicted molar refractivity (Wildman–Crippen MR) is 139 cm³/mol. The van der Waals surface area contributed by atoms with Crippen LogP contribution in [0.5, 0.6) is 0 Å². The molecule has 3 rings (SSSR count). The van der Waals surface area contributed by atoms with Crippen LogP contribution in [0, 0.1) is 5.41 Å². The van der Waals surface area contributed by atoms with Gasteiger partial charge >= 0.3 is 12.1 Å². The van der Waals surface area contributed by atoms with E-state index in [2.05, 4.69) is 25.3 Å². The van der Waals surface area contributed by atoms with Crippen LogP contribution in [0.25, 0.3) is 0 Å². The molecule has 1 atom stereocenters. The van der Waals surface area contributed by atoms with Gasteiger partial charge in [0.25, 0.3) is 11.8 Å². The second-order valence-corrected chi connectivity index (χ2v) is 12.0. The molecule has 6 N–H and O–H groups in total. The maximum Gasteiger partial charge on any atom is 0.490 e. The summed E-state index contributed by atoms with van der Waals surface area (Å²) in [5.74, 6) is -4.42. The number of primary amides is 1. The maximum atomic E-state index is 14.3. The molecule has 3 aromatic rings. The first-order valence-corrected chi connectivity index (χ1v) is 14.1. The van der Waals surface area contributed by atoms with Crippen LogP contribution in [-0.4, -0.2) is 50.4 Å². The van der Waals surface area contributed by atoms with Gasteiger partial charge in [0.2, 0.25) is 0 Å². The summed E-state index contributed by atoms with van der Waals surface area (Å²) in [7, 11) is -3.43. The van der Waals surface area contributed by atoms with Gasteiger partial charge in [-0.2, -0.15) is 13.2 Å². The highest BCUT2D eigenvalue weighted by Crippen LogP contribution is 2.38. The number of amides is 2. The van der Waals surface area contributed by atoms with Crippen LogP contribution >= 0.6 is 39.0 Å². The number of pyridine rings is 1. The number of nitrogens with two attached hydrogens (primary N) is 2. The minimum Gasteiger partial charge on any atom is -0.475 e. The Morgan fingerprint density at radius 2 is 1.82 bits per heavy atom. The number of rotatable bonds is 6. The molecule has 0 spiro atoms. The van der Waals surface area contributed by atoms with Crippen molar-refractivity contribution in [3.63, 3.8) is 0 Å². The van der Waals surface area contributed by atoms with Gasteiger partial charge in [-0.3, -0.25) is 20.0 Å². The number of hydrogen-bond donors (Lipinski definition) is 4. The summed E-state index contributed by atoms with van der Waals surface area (Å²) in [5, 5.41) is 14.9. The summed E-state index contributed by atoms with van der Waals surface area (Å²) < 4.78 is 51.4. The average Bonchev–Trinajstić information content (AvgIpc) is 3.29. The Hall–Kier alpha value is -3.28. The molecule has 2 amide bonds. The number of thioether (sulfide) groups is 1. The Morgan fingerprint density at radius 3 is 2.26 bits per heavy atom. The number of benzene rings is 1. The molecule has 0 aliphatic rings. The molecule has 17 heteroatoms. The topological polar surface area (TPSA) is 190 Å². The molecule has 0 fully saturated rings. The van der Waals surface area contributed by atoms with E-state index in [4.69, 9.17) is 26.8 Å². The predicted octanol–water partition coefficient (Wildman–Crippen LogP) is 4.37. The fourth-order valence-corrected chi connectivity index (χ4v) is 7.57. The van der Waals surface area contributed by atoms with Crippen LogP contribution < -0.4 is 11.5 Å². The van der Waals surface area contributed by atoms with Gasteiger partial charge in [-0.05, 0) is 42.7 Å². The highest BCUT2D eigenvalue weighted by Gasteiger charge is 2.38. The fraction of sp³-hybridized carbons (Fsp3) is 0.0952. The van der Waals surface area contributed by atoms with Gasteiger partial charge in [0, 0.05) is 10.7 Å². The molecule has 38 heavy (non-hydrogen) atoms. The van der Waals surface area contributed by atoms with Gasteiger partial charge in [-0.15, -0.1) is 27.5 Å². The highest BCUT2D eigenvalue weighted by atomic mass is 79.9. The zero-order chi connectivity index (χ0) is 28.8. The third-order valence-corrected chi connectivity index (χ3v) is 9.54. The van der Waals surface area contributed by atoms with Crippen LogP contribution in [-0.2, 0) is 14.5 Å². The Bertz CT molecular complexity index is 1520. The van der Waals surface area contributed by atoms with Crippen LogP contribution in [0.3, 0.4) is 0 Å². The molecule has 1 unspecified atom stereocenters. The van der Waals surface area contributed by atoms with Crippen molar-refractivity contribution in [1.82, 2.24) is 4.98 Å². The number of halogens is 4. The summed E-state index contributed by atoms with van der Waals surface area (Å²) in [6.45, 7) is 0. The molecule has 0 radical (unpaired) electrons. The van der Waals surface area contributed by atoms with Gasteiger partial charge in [0.05, 0.1) is 24.4 Å².